The molecule has 0 bridgehead atoms. The van der Waals surface area contributed by atoms with Gasteiger partial charge in [-0.3, -0.25) is 5.01 Å². The zero-order chi connectivity index (χ0) is 10.4. The Hall–Kier alpha value is -1.55. The number of benzene rings is 1. The first-order valence-corrected chi connectivity index (χ1v) is 4.65. The fourth-order valence-electron chi connectivity index (χ4n) is 1.25. The van der Waals surface area contributed by atoms with Gasteiger partial charge < -0.3 is 5.84 Å². The van der Waals surface area contributed by atoms with Crippen molar-refractivity contribution in [1.29, 1.82) is 0 Å². The van der Waals surface area contributed by atoms with Gasteiger partial charge in [-0.2, -0.15) is 5.10 Å². The summed E-state index contributed by atoms with van der Waals surface area (Å²) in [5, 5.41) is 5.26. The van der Waals surface area contributed by atoms with Crippen LogP contribution in [0.5, 0.6) is 0 Å². The second kappa shape index (κ2) is 5.24. The molecule has 0 radical (unpaired) electrons. The van der Waals surface area contributed by atoms with Crippen LogP contribution in [0, 0.1) is 0 Å². The van der Waals surface area contributed by atoms with Crippen LogP contribution in [0.3, 0.4) is 0 Å². The molecule has 0 heterocycles. The Bertz CT molecular complexity index is 294. The van der Waals surface area contributed by atoms with Gasteiger partial charge in [-0.15, -0.1) is 0 Å². The first-order chi connectivity index (χ1) is 6.79. The molecule has 0 spiro atoms. The number of hydrogen-bond acceptors (Lipinski definition) is 3. The summed E-state index contributed by atoms with van der Waals surface area (Å²) in [6.07, 6.45) is 0.961. The third-order valence-electron chi connectivity index (χ3n) is 1.89. The van der Waals surface area contributed by atoms with Crippen LogP contribution in [-0.2, 0) is 0 Å². The van der Waals surface area contributed by atoms with Crippen molar-refractivity contribution in [2.45, 2.75) is 13.3 Å². The van der Waals surface area contributed by atoms with E-state index in [0.29, 0.717) is 5.84 Å². The monoisotopic (exact) mass is 192 g/mol. The topological polar surface area (TPSA) is 67.6 Å². The van der Waals surface area contributed by atoms with E-state index in [0.717, 1.165) is 18.5 Å². The molecule has 0 aliphatic rings. The number of rotatable bonds is 3. The zero-order valence-corrected chi connectivity index (χ0v) is 8.35. The molecule has 1 aromatic rings. The Kier molecular flexibility index (Phi) is 3.94. The van der Waals surface area contributed by atoms with Crippen LogP contribution in [0.4, 0.5) is 0 Å². The van der Waals surface area contributed by atoms with E-state index in [4.69, 9.17) is 11.7 Å². The van der Waals surface area contributed by atoms with Gasteiger partial charge in [0.25, 0.3) is 0 Å². The van der Waals surface area contributed by atoms with E-state index in [1.807, 2.05) is 30.3 Å². The van der Waals surface area contributed by atoms with E-state index in [9.17, 15) is 0 Å². The fourth-order valence-corrected chi connectivity index (χ4v) is 1.25. The summed E-state index contributed by atoms with van der Waals surface area (Å²) < 4.78 is 0. The molecular weight excluding hydrogens is 176 g/mol. The molecule has 14 heavy (non-hydrogen) atoms. The van der Waals surface area contributed by atoms with Crippen LogP contribution in [0.15, 0.2) is 35.4 Å². The molecule has 0 aromatic heterocycles. The van der Waals surface area contributed by atoms with E-state index in [1.54, 1.807) is 5.01 Å². The number of nitrogens with zero attached hydrogens (tertiary/aromatic N) is 2. The Morgan fingerprint density at radius 3 is 2.50 bits per heavy atom. The normalized spacial score (nSPS) is 11.4. The summed E-state index contributed by atoms with van der Waals surface area (Å²) in [5.41, 5.74) is 0.936. The lowest BCUT2D eigenvalue weighted by Gasteiger charge is -2.18. The Labute approximate surface area is 84.2 Å². The summed E-state index contributed by atoms with van der Waals surface area (Å²) in [6, 6.07) is 9.67. The smallest absolute Gasteiger partial charge is 0.169 e. The molecule has 0 unspecified atom stereocenters. The van der Waals surface area contributed by atoms with Crippen LogP contribution in [-0.4, -0.2) is 17.4 Å². The molecule has 4 heteroatoms. The number of nitrogens with two attached hydrogens (primary N) is 2. The van der Waals surface area contributed by atoms with Crippen LogP contribution in [0.25, 0.3) is 0 Å². The highest BCUT2D eigenvalue weighted by Crippen LogP contribution is 2.02. The van der Waals surface area contributed by atoms with Gasteiger partial charge in [0.05, 0.1) is 0 Å². The predicted molar refractivity (Wildman–Crippen MR) is 58.4 cm³/mol. The average Bonchev–Trinajstić information content (AvgIpc) is 2.21. The van der Waals surface area contributed by atoms with Crippen LogP contribution in [0.1, 0.15) is 18.9 Å². The standard InChI is InChI=1S/C10H16N4/c1-2-8-14(12)10(13-11)9-6-4-3-5-7-9/h3-7H,2,8,11-12H2,1H3/b13-10-. The quantitative estimate of drug-likeness (QED) is 0.323. The molecule has 1 rings (SSSR count). The van der Waals surface area contributed by atoms with Crippen LogP contribution in [0.2, 0.25) is 0 Å². The van der Waals surface area contributed by atoms with E-state index in [2.05, 4.69) is 12.0 Å². The molecule has 4 N–H and O–H groups in total. The molecule has 0 aliphatic carbocycles. The SMILES string of the molecule is CCCN(N)/C(=N\N)c1ccccc1. The van der Waals surface area contributed by atoms with Crippen molar-refractivity contribution >= 4 is 5.84 Å². The first-order valence-electron chi connectivity index (χ1n) is 4.65. The lowest BCUT2D eigenvalue weighted by atomic mass is 10.2. The van der Waals surface area contributed by atoms with Crippen molar-refractivity contribution in [1.82, 2.24) is 5.01 Å². The van der Waals surface area contributed by atoms with Crippen molar-refractivity contribution < 1.29 is 0 Å². The minimum atomic E-state index is 0.618. The molecule has 0 fully saturated rings. The molecule has 4 nitrogen and oxygen atoms in total. The van der Waals surface area contributed by atoms with Gasteiger partial charge in [0.1, 0.15) is 0 Å². The van der Waals surface area contributed by atoms with Crippen LogP contribution < -0.4 is 11.7 Å². The highest BCUT2D eigenvalue weighted by atomic mass is 15.4. The van der Waals surface area contributed by atoms with Crippen molar-refractivity contribution in [2.24, 2.45) is 16.8 Å². The molecule has 0 amide bonds. The molecule has 0 saturated heterocycles. The highest BCUT2D eigenvalue weighted by Gasteiger charge is 2.07. The number of hydrazine groups is 1. The summed E-state index contributed by atoms with van der Waals surface area (Å²) in [6.45, 7) is 2.80. The van der Waals surface area contributed by atoms with Crippen LogP contribution >= 0.6 is 0 Å². The lowest BCUT2D eigenvalue weighted by molar-refractivity contribution is 0.438. The Balaban J connectivity index is 2.83. The van der Waals surface area contributed by atoms with Gasteiger partial charge in [0.2, 0.25) is 0 Å². The summed E-state index contributed by atoms with van der Waals surface area (Å²) in [7, 11) is 0. The summed E-state index contributed by atoms with van der Waals surface area (Å²) >= 11 is 0. The number of hydrogen-bond donors (Lipinski definition) is 2. The second-order valence-corrected chi connectivity index (χ2v) is 3.01. The Morgan fingerprint density at radius 1 is 1.36 bits per heavy atom. The second-order valence-electron chi connectivity index (χ2n) is 3.01. The molecule has 76 valence electrons. The molecule has 0 saturated carbocycles. The summed E-state index contributed by atoms with van der Waals surface area (Å²) in [5.74, 6) is 11.7. The van der Waals surface area contributed by atoms with Gasteiger partial charge in [-0.05, 0) is 6.42 Å². The van der Waals surface area contributed by atoms with Gasteiger partial charge in [-0.25, -0.2) is 5.84 Å². The van der Waals surface area contributed by atoms with Crippen molar-refractivity contribution in [3.05, 3.63) is 35.9 Å². The first kappa shape index (κ1) is 10.5. The summed E-state index contributed by atoms with van der Waals surface area (Å²) in [4.78, 5) is 0. The molecular formula is C10H16N4. The maximum atomic E-state index is 5.79. The zero-order valence-electron chi connectivity index (χ0n) is 8.35. The van der Waals surface area contributed by atoms with Gasteiger partial charge in [0.15, 0.2) is 5.84 Å². The van der Waals surface area contributed by atoms with Gasteiger partial charge in [-0.1, -0.05) is 37.3 Å². The molecule has 0 atom stereocenters. The Morgan fingerprint density at radius 2 is 2.00 bits per heavy atom. The van der Waals surface area contributed by atoms with E-state index >= 15 is 0 Å². The minimum absolute atomic E-state index is 0.618. The lowest BCUT2D eigenvalue weighted by Crippen LogP contribution is -2.39. The van der Waals surface area contributed by atoms with Crippen molar-refractivity contribution in [2.75, 3.05) is 6.54 Å². The van der Waals surface area contributed by atoms with Crippen molar-refractivity contribution in [3.8, 4) is 0 Å². The molecule has 0 aliphatic heterocycles. The fraction of sp³-hybridized carbons (Fsp3) is 0.300. The average molecular weight is 192 g/mol. The predicted octanol–water partition coefficient (Wildman–Crippen LogP) is 0.893. The molecule has 1 aromatic carbocycles. The number of amidine groups is 1. The highest BCUT2D eigenvalue weighted by molar-refractivity contribution is 5.98. The maximum Gasteiger partial charge on any atom is 0.169 e. The maximum absolute atomic E-state index is 5.79. The van der Waals surface area contributed by atoms with E-state index in [1.165, 1.54) is 0 Å². The third kappa shape index (κ3) is 2.47. The third-order valence-corrected chi connectivity index (χ3v) is 1.89. The van der Waals surface area contributed by atoms with Crippen molar-refractivity contribution in [3.63, 3.8) is 0 Å². The largest absolute Gasteiger partial charge is 0.321 e. The number of hydrazone groups is 1. The minimum Gasteiger partial charge on any atom is -0.321 e. The van der Waals surface area contributed by atoms with Gasteiger partial charge >= 0.3 is 0 Å². The van der Waals surface area contributed by atoms with Gasteiger partial charge in [0, 0.05) is 12.1 Å². The van der Waals surface area contributed by atoms with E-state index in [-0.39, 0.29) is 0 Å². The van der Waals surface area contributed by atoms with E-state index < -0.39 is 0 Å².